The minimum Gasteiger partial charge on any atom is -0.476 e. The highest BCUT2D eigenvalue weighted by molar-refractivity contribution is 6.30. The standard InChI is InChI=1S/C12H11ClN4O3/c1-7-11(12(19)20)15-16-17(7)6-10(18)14-9-4-2-3-8(13)5-9/h2-5H,6H2,1H3,(H,14,18)(H,19,20). The maximum atomic E-state index is 11.8. The average molecular weight is 295 g/mol. The summed E-state index contributed by atoms with van der Waals surface area (Å²) in [6.45, 7) is 1.41. The Morgan fingerprint density at radius 2 is 2.20 bits per heavy atom. The van der Waals surface area contributed by atoms with Gasteiger partial charge in [0.1, 0.15) is 6.54 Å². The molecule has 1 aromatic heterocycles. The third-order valence-electron chi connectivity index (χ3n) is 2.59. The number of carbonyl (C=O) groups is 2. The van der Waals surface area contributed by atoms with Gasteiger partial charge in [-0.1, -0.05) is 22.9 Å². The number of carboxylic acid groups (broad SMARTS) is 1. The van der Waals surface area contributed by atoms with Crippen molar-refractivity contribution in [2.24, 2.45) is 0 Å². The van der Waals surface area contributed by atoms with Gasteiger partial charge in [-0.3, -0.25) is 4.79 Å². The third-order valence-corrected chi connectivity index (χ3v) is 2.82. The van der Waals surface area contributed by atoms with E-state index in [0.29, 0.717) is 16.4 Å². The summed E-state index contributed by atoms with van der Waals surface area (Å²) in [5.74, 6) is -1.53. The Bertz CT molecular complexity index is 668. The molecule has 7 nitrogen and oxygen atoms in total. The molecule has 0 radical (unpaired) electrons. The van der Waals surface area contributed by atoms with Gasteiger partial charge < -0.3 is 10.4 Å². The number of hydrogen-bond donors (Lipinski definition) is 2. The number of benzene rings is 1. The minimum atomic E-state index is -1.18. The quantitative estimate of drug-likeness (QED) is 0.892. The molecule has 1 amide bonds. The first-order chi connectivity index (χ1) is 9.47. The molecule has 2 N–H and O–H groups in total. The first-order valence-corrected chi connectivity index (χ1v) is 6.04. The lowest BCUT2D eigenvalue weighted by molar-refractivity contribution is -0.117. The molecule has 2 aromatic rings. The van der Waals surface area contributed by atoms with E-state index in [1.165, 1.54) is 11.6 Å². The average Bonchev–Trinajstić information content (AvgIpc) is 2.71. The summed E-state index contributed by atoms with van der Waals surface area (Å²) in [5.41, 5.74) is 0.707. The van der Waals surface area contributed by atoms with Crippen molar-refractivity contribution in [3.8, 4) is 0 Å². The van der Waals surface area contributed by atoms with Gasteiger partial charge in [0.05, 0.1) is 5.69 Å². The van der Waals surface area contributed by atoms with E-state index < -0.39 is 5.97 Å². The summed E-state index contributed by atoms with van der Waals surface area (Å²) in [7, 11) is 0. The molecule has 0 saturated carbocycles. The number of halogens is 1. The van der Waals surface area contributed by atoms with E-state index in [2.05, 4.69) is 15.6 Å². The summed E-state index contributed by atoms with van der Waals surface area (Å²) < 4.78 is 1.23. The molecule has 0 bridgehead atoms. The van der Waals surface area contributed by atoms with Crippen LogP contribution < -0.4 is 5.32 Å². The van der Waals surface area contributed by atoms with E-state index in [-0.39, 0.29) is 18.1 Å². The number of aromatic nitrogens is 3. The molecule has 0 saturated heterocycles. The van der Waals surface area contributed by atoms with Gasteiger partial charge in [0, 0.05) is 10.7 Å². The number of carboxylic acids is 1. The normalized spacial score (nSPS) is 10.3. The SMILES string of the molecule is Cc1c(C(=O)O)nnn1CC(=O)Nc1cccc(Cl)c1. The van der Waals surface area contributed by atoms with Crippen LogP contribution in [0, 0.1) is 6.92 Å². The lowest BCUT2D eigenvalue weighted by atomic mass is 10.3. The van der Waals surface area contributed by atoms with Gasteiger partial charge in [-0.15, -0.1) is 5.10 Å². The van der Waals surface area contributed by atoms with E-state index in [1.54, 1.807) is 24.3 Å². The second-order valence-corrected chi connectivity index (χ2v) is 4.48. The fourth-order valence-corrected chi connectivity index (χ4v) is 1.80. The lowest BCUT2D eigenvalue weighted by Crippen LogP contribution is -2.20. The molecule has 0 spiro atoms. The smallest absolute Gasteiger partial charge is 0.358 e. The van der Waals surface area contributed by atoms with Gasteiger partial charge >= 0.3 is 5.97 Å². The van der Waals surface area contributed by atoms with Crippen LogP contribution in [-0.4, -0.2) is 32.0 Å². The zero-order chi connectivity index (χ0) is 14.7. The Balaban J connectivity index is 2.07. The maximum absolute atomic E-state index is 11.8. The number of rotatable bonds is 4. The van der Waals surface area contributed by atoms with Gasteiger partial charge in [-0.05, 0) is 25.1 Å². The van der Waals surface area contributed by atoms with Gasteiger partial charge in [0.15, 0.2) is 5.69 Å². The van der Waals surface area contributed by atoms with Crippen LogP contribution >= 0.6 is 11.6 Å². The summed E-state index contributed by atoms with van der Waals surface area (Å²) in [6.07, 6.45) is 0. The van der Waals surface area contributed by atoms with Crippen LogP contribution in [0.2, 0.25) is 5.02 Å². The summed E-state index contributed by atoms with van der Waals surface area (Å²) in [4.78, 5) is 22.7. The lowest BCUT2D eigenvalue weighted by Gasteiger charge is -2.06. The molecule has 0 unspecified atom stereocenters. The minimum absolute atomic E-state index is 0.126. The van der Waals surface area contributed by atoms with Crippen LogP contribution in [0.1, 0.15) is 16.2 Å². The summed E-state index contributed by atoms with van der Waals surface area (Å²) in [5, 5.41) is 19.1. The predicted molar refractivity (Wildman–Crippen MR) is 71.8 cm³/mol. The number of anilines is 1. The van der Waals surface area contributed by atoms with Crippen molar-refractivity contribution in [3.63, 3.8) is 0 Å². The Labute approximate surface area is 119 Å². The molecule has 2 rings (SSSR count). The molecule has 0 aliphatic carbocycles. The van der Waals surface area contributed by atoms with Crippen LogP contribution in [-0.2, 0) is 11.3 Å². The Morgan fingerprint density at radius 3 is 2.80 bits per heavy atom. The Kier molecular flexibility index (Phi) is 3.99. The van der Waals surface area contributed by atoms with Crippen molar-refractivity contribution in [3.05, 3.63) is 40.7 Å². The molecule has 1 heterocycles. The van der Waals surface area contributed by atoms with E-state index in [1.807, 2.05) is 0 Å². The van der Waals surface area contributed by atoms with Crippen molar-refractivity contribution < 1.29 is 14.7 Å². The number of hydrogen-bond acceptors (Lipinski definition) is 4. The highest BCUT2D eigenvalue weighted by Gasteiger charge is 2.16. The number of nitrogens with one attached hydrogen (secondary N) is 1. The van der Waals surface area contributed by atoms with Gasteiger partial charge in [-0.25, -0.2) is 9.48 Å². The molecule has 1 aromatic carbocycles. The fourth-order valence-electron chi connectivity index (χ4n) is 1.61. The second-order valence-electron chi connectivity index (χ2n) is 4.04. The van der Waals surface area contributed by atoms with E-state index >= 15 is 0 Å². The first kappa shape index (κ1) is 14.0. The van der Waals surface area contributed by atoms with Crippen LogP contribution in [0.4, 0.5) is 5.69 Å². The second kappa shape index (κ2) is 5.70. The zero-order valence-electron chi connectivity index (χ0n) is 10.5. The summed E-state index contributed by atoms with van der Waals surface area (Å²) in [6, 6.07) is 6.70. The van der Waals surface area contributed by atoms with Crippen LogP contribution in [0.15, 0.2) is 24.3 Å². The maximum Gasteiger partial charge on any atom is 0.358 e. The molecule has 104 valence electrons. The zero-order valence-corrected chi connectivity index (χ0v) is 11.3. The van der Waals surface area contributed by atoms with Crippen molar-refractivity contribution in [2.75, 3.05) is 5.32 Å². The molecule has 20 heavy (non-hydrogen) atoms. The Hall–Kier alpha value is -2.41. The van der Waals surface area contributed by atoms with Crippen molar-refractivity contribution in [2.45, 2.75) is 13.5 Å². The molecule has 8 heteroatoms. The third kappa shape index (κ3) is 3.12. The number of aromatic carboxylic acids is 1. The van der Waals surface area contributed by atoms with Crippen molar-refractivity contribution in [1.29, 1.82) is 0 Å². The van der Waals surface area contributed by atoms with E-state index in [0.717, 1.165) is 0 Å². The molecular formula is C12H11ClN4O3. The van der Waals surface area contributed by atoms with E-state index in [9.17, 15) is 9.59 Å². The van der Waals surface area contributed by atoms with Crippen LogP contribution in [0.3, 0.4) is 0 Å². The highest BCUT2D eigenvalue weighted by Crippen LogP contribution is 2.15. The molecule has 0 fully saturated rings. The molecule has 0 aliphatic rings. The topological polar surface area (TPSA) is 97.1 Å². The van der Waals surface area contributed by atoms with Gasteiger partial charge in [0.25, 0.3) is 0 Å². The monoisotopic (exact) mass is 294 g/mol. The predicted octanol–water partition coefficient (Wildman–Crippen LogP) is 1.58. The number of carbonyl (C=O) groups excluding carboxylic acids is 1. The van der Waals surface area contributed by atoms with Gasteiger partial charge in [-0.2, -0.15) is 0 Å². The highest BCUT2D eigenvalue weighted by atomic mass is 35.5. The van der Waals surface area contributed by atoms with E-state index in [4.69, 9.17) is 16.7 Å². The van der Waals surface area contributed by atoms with Crippen molar-refractivity contribution >= 4 is 29.2 Å². The van der Waals surface area contributed by atoms with Crippen molar-refractivity contribution in [1.82, 2.24) is 15.0 Å². The molecular weight excluding hydrogens is 284 g/mol. The number of amides is 1. The summed E-state index contributed by atoms with van der Waals surface area (Å²) >= 11 is 5.81. The molecule has 0 atom stereocenters. The number of nitrogens with zero attached hydrogens (tertiary/aromatic N) is 3. The Morgan fingerprint density at radius 1 is 1.45 bits per heavy atom. The fraction of sp³-hybridized carbons (Fsp3) is 0.167. The largest absolute Gasteiger partial charge is 0.476 e. The van der Waals surface area contributed by atoms with Gasteiger partial charge in [0.2, 0.25) is 5.91 Å². The molecule has 0 aliphatic heterocycles. The van der Waals surface area contributed by atoms with Crippen LogP contribution in [0.5, 0.6) is 0 Å². The first-order valence-electron chi connectivity index (χ1n) is 5.66. The van der Waals surface area contributed by atoms with Crippen LogP contribution in [0.25, 0.3) is 0 Å².